The first-order chi connectivity index (χ1) is 13.2. The van der Waals surface area contributed by atoms with Crippen LogP contribution in [0.4, 0.5) is 0 Å². The van der Waals surface area contributed by atoms with Crippen molar-refractivity contribution in [3.63, 3.8) is 0 Å². The average Bonchev–Trinajstić information content (AvgIpc) is 2.63. The van der Waals surface area contributed by atoms with Gasteiger partial charge < -0.3 is 4.74 Å². The summed E-state index contributed by atoms with van der Waals surface area (Å²) in [5.74, 6) is 0.740. The first-order valence-corrected chi connectivity index (χ1v) is 12.0. The first kappa shape index (κ1) is 24.6. The molecule has 0 unspecified atom stereocenters. The van der Waals surface area contributed by atoms with Gasteiger partial charge in [-0.2, -0.15) is 0 Å². The van der Waals surface area contributed by atoms with Gasteiger partial charge in [-0.1, -0.05) is 126 Å². The number of ether oxygens (including phenoxy) is 1. The van der Waals surface area contributed by atoms with Crippen LogP contribution in [0.2, 0.25) is 10.0 Å². The molecule has 1 rings (SSSR count). The second-order valence-corrected chi connectivity index (χ2v) is 8.48. The van der Waals surface area contributed by atoms with Gasteiger partial charge in [-0.05, 0) is 18.6 Å². The van der Waals surface area contributed by atoms with Crippen molar-refractivity contribution in [3.8, 4) is 5.75 Å². The third kappa shape index (κ3) is 15.2. The van der Waals surface area contributed by atoms with Gasteiger partial charge >= 0.3 is 0 Å². The minimum absolute atomic E-state index is 0.504. The predicted octanol–water partition coefficient (Wildman–Crippen LogP) is 9.43. The lowest BCUT2D eigenvalue weighted by Crippen LogP contribution is -1.97. The summed E-state index contributed by atoms with van der Waals surface area (Å²) in [7, 11) is 0. The summed E-state index contributed by atoms with van der Waals surface area (Å²) in [6.07, 6.45) is 22.1. The van der Waals surface area contributed by atoms with E-state index in [0.717, 1.165) is 18.8 Å². The van der Waals surface area contributed by atoms with Crippen LogP contribution in [0.1, 0.15) is 110 Å². The Labute approximate surface area is 178 Å². The van der Waals surface area contributed by atoms with Crippen LogP contribution in [0.15, 0.2) is 12.1 Å². The Morgan fingerprint density at radius 2 is 1.00 bits per heavy atom. The van der Waals surface area contributed by atoms with Crippen LogP contribution in [-0.4, -0.2) is 6.61 Å². The molecule has 0 aliphatic carbocycles. The van der Waals surface area contributed by atoms with E-state index in [1.54, 1.807) is 12.1 Å². The van der Waals surface area contributed by atoms with Crippen LogP contribution in [0.5, 0.6) is 5.75 Å². The van der Waals surface area contributed by atoms with Gasteiger partial charge in [-0.3, -0.25) is 0 Å². The molecule has 27 heavy (non-hydrogen) atoms. The maximum Gasteiger partial charge on any atom is 0.122 e. The third-order valence-corrected chi connectivity index (χ3v) is 5.45. The molecule has 0 heterocycles. The second-order valence-electron chi connectivity index (χ2n) is 7.66. The molecule has 0 saturated carbocycles. The van der Waals surface area contributed by atoms with Gasteiger partial charge in [0.2, 0.25) is 0 Å². The first-order valence-electron chi connectivity index (χ1n) is 11.2. The number of hydrogen-bond acceptors (Lipinski definition) is 1. The highest BCUT2D eigenvalue weighted by atomic mass is 35.5. The molecular weight excluding hydrogens is 375 g/mol. The van der Waals surface area contributed by atoms with E-state index in [1.165, 1.54) is 96.3 Å². The number of unbranched alkanes of at least 4 members (excludes halogenated alkanes) is 15. The summed E-state index contributed by atoms with van der Waals surface area (Å²) in [5.41, 5.74) is 0. The second kappa shape index (κ2) is 17.7. The Kier molecular flexibility index (Phi) is 16.1. The lowest BCUT2D eigenvalue weighted by atomic mass is 10.0. The Morgan fingerprint density at radius 3 is 1.41 bits per heavy atom. The summed E-state index contributed by atoms with van der Waals surface area (Å²) in [6.45, 7) is 3.02. The molecule has 0 aromatic heterocycles. The highest BCUT2D eigenvalue weighted by Crippen LogP contribution is 2.23. The topological polar surface area (TPSA) is 9.23 Å². The Hall–Kier alpha value is -0.400. The molecule has 0 aliphatic rings. The van der Waals surface area contributed by atoms with E-state index < -0.39 is 0 Å². The zero-order chi connectivity index (χ0) is 19.6. The molecule has 0 spiro atoms. The average molecular weight is 414 g/mol. The Morgan fingerprint density at radius 1 is 0.630 bits per heavy atom. The molecule has 0 N–H and O–H groups in total. The van der Waals surface area contributed by atoms with Crippen LogP contribution in [0.25, 0.3) is 0 Å². The van der Waals surface area contributed by atoms with E-state index in [9.17, 15) is 0 Å². The minimum Gasteiger partial charge on any atom is -0.493 e. The smallest absolute Gasteiger partial charge is 0.122 e. The van der Waals surface area contributed by atoms with E-state index in [4.69, 9.17) is 27.9 Å². The number of halogens is 2. The highest BCUT2D eigenvalue weighted by molar-refractivity contribution is 6.34. The van der Waals surface area contributed by atoms with Gasteiger partial charge in [0.05, 0.1) is 16.7 Å². The molecule has 0 saturated heterocycles. The molecule has 3 heteroatoms. The maximum atomic E-state index is 5.91. The van der Waals surface area contributed by atoms with Gasteiger partial charge in [0.15, 0.2) is 0 Å². The van der Waals surface area contributed by atoms with Crippen molar-refractivity contribution in [1.29, 1.82) is 0 Å². The maximum absolute atomic E-state index is 5.91. The molecule has 0 aliphatic heterocycles. The fourth-order valence-corrected chi connectivity index (χ4v) is 3.87. The molecule has 1 aromatic carbocycles. The lowest BCUT2D eigenvalue weighted by molar-refractivity contribution is 0.304. The highest BCUT2D eigenvalue weighted by Gasteiger charge is 2.00. The fraction of sp³-hybridized carbons (Fsp3) is 0.750. The van der Waals surface area contributed by atoms with Gasteiger partial charge in [0.25, 0.3) is 0 Å². The summed E-state index contributed by atoms with van der Waals surface area (Å²) < 4.78 is 5.70. The molecule has 0 fully saturated rings. The molecule has 1 nitrogen and oxygen atoms in total. The number of benzene rings is 1. The molecule has 1 radical (unpaired) electrons. The van der Waals surface area contributed by atoms with Crippen molar-refractivity contribution in [2.24, 2.45) is 0 Å². The SMILES string of the molecule is CCCCCCCCCCCCCCCCCCOc1cc(Cl)[c]c(Cl)c1. The van der Waals surface area contributed by atoms with Crippen LogP contribution < -0.4 is 4.74 Å². The van der Waals surface area contributed by atoms with Crippen molar-refractivity contribution in [3.05, 3.63) is 28.2 Å². The van der Waals surface area contributed by atoms with Crippen molar-refractivity contribution in [2.75, 3.05) is 6.61 Å². The third-order valence-electron chi connectivity index (χ3n) is 5.04. The van der Waals surface area contributed by atoms with E-state index in [0.29, 0.717) is 10.0 Å². The van der Waals surface area contributed by atoms with Crippen LogP contribution >= 0.6 is 23.2 Å². The molecule has 0 bridgehead atoms. The van der Waals surface area contributed by atoms with Crippen molar-refractivity contribution in [2.45, 2.75) is 110 Å². The fourth-order valence-electron chi connectivity index (χ4n) is 3.40. The summed E-state index contributed by atoms with van der Waals surface area (Å²) in [4.78, 5) is 0. The Balaban J connectivity index is 1.78. The zero-order valence-corrected chi connectivity index (χ0v) is 18.9. The molecular formula is C24H39Cl2O. The van der Waals surface area contributed by atoms with Crippen molar-refractivity contribution in [1.82, 2.24) is 0 Å². The monoisotopic (exact) mass is 413 g/mol. The van der Waals surface area contributed by atoms with Crippen LogP contribution in [-0.2, 0) is 0 Å². The summed E-state index contributed by atoms with van der Waals surface area (Å²) >= 11 is 11.8. The standard InChI is InChI=1S/C24H39Cl2O/c1-2-3-4-5-6-7-8-9-10-11-12-13-14-15-16-17-18-27-24-20-22(25)19-23(26)21-24/h20-21H,2-18H2,1H3. The minimum atomic E-state index is 0.504. The van der Waals surface area contributed by atoms with Crippen molar-refractivity contribution < 1.29 is 4.74 Å². The molecule has 155 valence electrons. The molecule has 1 aromatic rings. The van der Waals surface area contributed by atoms with Crippen LogP contribution in [0, 0.1) is 6.07 Å². The van der Waals surface area contributed by atoms with E-state index in [-0.39, 0.29) is 0 Å². The Bertz CT molecular complexity index is 441. The van der Waals surface area contributed by atoms with E-state index >= 15 is 0 Å². The van der Waals surface area contributed by atoms with Gasteiger partial charge in [-0.25, -0.2) is 0 Å². The van der Waals surface area contributed by atoms with E-state index in [1.807, 2.05) is 0 Å². The summed E-state index contributed by atoms with van der Waals surface area (Å²) in [6, 6.07) is 6.35. The largest absolute Gasteiger partial charge is 0.493 e. The normalized spacial score (nSPS) is 11.1. The summed E-state index contributed by atoms with van der Waals surface area (Å²) in [5, 5.41) is 1.01. The number of hydrogen-bond donors (Lipinski definition) is 0. The van der Waals surface area contributed by atoms with E-state index in [2.05, 4.69) is 13.0 Å². The number of rotatable bonds is 18. The molecule has 0 amide bonds. The van der Waals surface area contributed by atoms with Gasteiger partial charge in [-0.15, -0.1) is 0 Å². The predicted molar refractivity (Wildman–Crippen MR) is 120 cm³/mol. The van der Waals surface area contributed by atoms with Crippen LogP contribution in [0.3, 0.4) is 0 Å². The van der Waals surface area contributed by atoms with Crippen molar-refractivity contribution >= 4 is 23.2 Å². The zero-order valence-electron chi connectivity index (χ0n) is 17.3. The van der Waals surface area contributed by atoms with Gasteiger partial charge in [0, 0.05) is 6.07 Å². The van der Waals surface area contributed by atoms with Gasteiger partial charge in [0.1, 0.15) is 5.75 Å². The molecule has 0 atom stereocenters. The quantitative estimate of drug-likeness (QED) is 0.217. The lowest BCUT2D eigenvalue weighted by Gasteiger charge is -2.07.